The van der Waals surface area contributed by atoms with Crippen molar-refractivity contribution in [1.29, 1.82) is 0 Å². The molecule has 1 aromatic carbocycles. The number of carbonyl (C=O) groups excluding carboxylic acids is 1. The Morgan fingerprint density at radius 3 is 2.92 bits per heavy atom. The molecule has 134 valence electrons. The zero-order valence-electron chi connectivity index (χ0n) is 13.3. The van der Waals surface area contributed by atoms with E-state index in [2.05, 4.69) is 4.98 Å². The number of nitrogens with one attached hydrogen (secondary N) is 1. The van der Waals surface area contributed by atoms with Crippen LogP contribution in [0.4, 0.5) is 18.9 Å². The summed E-state index contributed by atoms with van der Waals surface area (Å²) in [6.45, 7) is -0.194. The van der Waals surface area contributed by atoms with Gasteiger partial charge >= 0.3 is 6.18 Å². The Morgan fingerprint density at radius 2 is 2.16 bits per heavy atom. The third-order valence-electron chi connectivity index (χ3n) is 4.28. The molecular weight excluding hydrogens is 355 g/mol. The first-order chi connectivity index (χ1) is 11.8. The lowest BCUT2D eigenvalue weighted by atomic mass is 9.96. The molecule has 1 aliphatic heterocycles. The molecule has 3 rings (SSSR count). The fourth-order valence-electron chi connectivity index (χ4n) is 3.12. The van der Waals surface area contributed by atoms with Crippen LogP contribution in [0.15, 0.2) is 30.5 Å². The molecule has 1 N–H and O–H groups in total. The molecule has 1 amide bonds. The number of benzene rings is 1. The van der Waals surface area contributed by atoms with Crippen molar-refractivity contribution >= 4 is 34.1 Å². The molecule has 4 nitrogen and oxygen atoms in total. The lowest BCUT2D eigenvalue weighted by molar-refractivity contribution is -0.140. The van der Waals surface area contributed by atoms with Crippen LogP contribution in [0.1, 0.15) is 12.8 Å². The van der Waals surface area contributed by atoms with Gasteiger partial charge in [-0.15, -0.1) is 0 Å². The Kier molecular flexibility index (Phi) is 5.03. The monoisotopic (exact) mass is 371 g/mol. The summed E-state index contributed by atoms with van der Waals surface area (Å²) in [5.74, 6) is -1.03. The molecule has 2 aromatic rings. The number of halogens is 4. The van der Waals surface area contributed by atoms with Gasteiger partial charge in [0.05, 0.1) is 11.4 Å². The van der Waals surface area contributed by atoms with Crippen LogP contribution in [-0.2, 0) is 4.79 Å². The molecule has 1 atom stereocenters. The van der Waals surface area contributed by atoms with Crippen molar-refractivity contribution in [2.75, 3.05) is 24.5 Å². The van der Waals surface area contributed by atoms with Crippen LogP contribution >= 0.6 is 11.6 Å². The topological polar surface area (TPSA) is 45.2 Å². The number of aromatic nitrogens is 1. The Bertz CT molecular complexity index is 781. The number of alkyl halides is 3. The van der Waals surface area contributed by atoms with E-state index in [1.54, 1.807) is 12.3 Å². The Morgan fingerprint density at radius 1 is 1.36 bits per heavy atom. The molecule has 1 fully saturated rings. The predicted molar refractivity (Wildman–Crippen MR) is 90.8 cm³/mol. The van der Waals surface area contributed by atoms with Crippen LogP contribution in [0.5, 0.6) is 0 Å². The van der Waals surface area contributed by atoms with E-state index in [9.17, 15) is 18.0 Å². The highest BCUT2D eigenvalue weighted by Gasteiger charge is 2.31. The lowest BCUT2D eigenvalue weighted by Gasteiger charge is -2.34. The molecule has 0 bridgehead atoms. The minimum absolute atomic E-state index is 0.370. The number of nitrogens with zero attached hydrogens (tertiary/aromatic N) is 2. The van der Waals surface area contributed by atoms with Gasteiger partial charge in [0.25, 0.3) is 0 Å². The molecule has 0 radical (unpaired) electrons. The minimum Gasteiger partial charge on any atom is -0.370 e. The van der Waals surface area contributed by atoms with Crippen molar-refractivity contribution in [3.05, 3.63) is 35.5 Å². The van der Waals surface area contributed by atoms with Crippen molar-refractivity contribution < 1.29 is 18.0 Å². The van der Waals surface area contributed by atoms with Crippen LogP contribution in [-0.4, -0.2) is 36.7 Å². The van der Waals surface area contributed by atoms with E-state index < -0.39 is 24.5 Å². The summed E-state index contributed by atoms with van der Waals surface area (Å²) in [6, 6.07) is 7.23. The van der Waals surface area contributed by atoms with Crippen LogP contribution in [0, 0.1) is 5.92 Å². The Labute approximate surface area is 148 Å². The molecule has 1 saturated heterocycles. The second-order valence-corrected chi connectivity index (χ2v) is 6.55. The quantitative estimate of drug-likeness (QED) is 0.893. The zero-order chi connectivity index (χ0) is 18.0. The van der Waals surface area contributed by atoms with Gasteiger partial charge in [-0.25, -0.2) is 0 Å². The first-order valence-electron chi connectivity index (χ1n) is 7.97. The molecule has 8 heteroatoms. The summed E-state index contributed by atoms with van der Waals surface area (Å²) < 4.78 is 36.9. The fourth-order valence-corrected chi connectivity index (χ4v) is 3.29. The van der Waals surface area contributed by atoms with E-state index in [4.69, 9.17) is 11.6 Å². The largest absolute Gasteiger partial charge is 0.405 e. The number of carbonyl (C=O) groups is 1. The molecule has 1 unspecified atom stereocenters. The second-order valence-electron chi connectivity index (χ2n) is 6.11. The molecule has 0 aliphatic carbocycles. The molecule has 1 aliphatic rings. The number of hydrogen-bond acceptors (Lipinski definition) is 3. The number of amides is 1. The first-order valence-corrected chi connectivity index (χ1v) is 8.35. The average molecular weight is 372 g/mol. The predicted octanol–water partition coefficient (Wildman–Crippen LogP) is 3.78. The van der Waals surface area contributed by atoms with Crippen LogP contribution in [0.25, 0.3) is 10.9 Å². The highest BCUT2D eigenvalue weighted by molar-refractivity contribution is 6.31. The van der Waals surface area contributed by atoms with Crippen LogP contribution in [0.2, 0.25) is 5.02 Å². The van der Waals surface area contributed by atoms with E-state index in [0.29, 0.717) is 18.0 Å². The molecule has 25 heavy (non-hydrogen) atoms. The first kappa shape index (κ1) is 17.8. The van der Waals surface area contributed by atoms with E-state index in [1.165, 1.54) is 0 Å². The minimum atomic E-state index is -4.40. The Hall–Kier alpha value is -2.02. The number of pyridine rings is 1. The van der Waals surface area contributed by atoms with Crippen LogP contribution < -0.4 is 10.2 Å². The smallest absolute Gasteiger partial charge is 0.370 e. The lowest BCUT2D eigenvalue weighted by Crippen LogP contribution is -2.45. The van der Waals surface area contributed by atoms with Crippen LogP contribution in [0.3, 0.4) is 0 Å². The third-order valence-corrected chi connectivity index (χ3v) is 4.51. The molecule has 0 saturated carbocycles. The highest BCUT2D eigenvalue weighted by Crippen LogP contribution is 2.31. The van der Waals surface area contributed by atoms with E-state index in [-0.39, 0.29) is 0 Å². The summed E-state index contributed by atoms with van der Waals surface area (Å²) in [5, 5.41) is 3.44. The van der Waals surface area contributed by atoms with Gasteiger partial charge in [-0.05, 0) is 37.1 Å². The maximum Gasteiger partial charge on any atom is 0.405 e. The van der Waals surface area contributed by atoms with Gasteiger partial charge in [-0.2, -0.15) is 13.2 Å². The Balaban J connectivity index is 1.78. The molecular formula is C17H17ClF3N3O. The summed E-state index contributed by atoms with van der Waals surface area (Å²) >= 11 is 6.08. The number of hydrogen-bond donors (Lipinski definition) is 1. The molecule has 2 heterocycles. The van der Waals surface area contributed by atoms with E-state index in [1.807, 2.05) is 28.4 Å². The van der Waals surface area contributed by atoms with Gasteiger partial charge in [-0.1, -0.05) is 11.6 Å². The van der Waals surface area contributed by atoms with Crippen molar-refractivity contribution in [2.45, 2.75) is 19.0 Å². The third kappa shape index (κ3) is 4.34. The van der Waals surface area contributed by atoms with Gasteiger partial charge in [0.1, 0.15) is 6.54 Å². The van der Waals surface area contributed by atoms with E-state index in [0.717, 1.165) is 29.6 Å². The number of fused-ring (bicyclic) bond motifs is 1. The number of rotatable bonds is 3. The number of piperidine rings is 1. The van der Waals surface area contributed by atoms with Gasteiger partial charge in [0.2, 0.25) is 5.91 Å². The van der Waals surface area contributed by atoms with Crippen molar-refractivity contribution in [3.63, 3.8) is 0 Å². The summed E-state index contributed by atoms with van der Waals surface area (Å²) in [7, 11) is 0. The van der Waals surface area contributed by atoms with Gasteiger partial charge in [-0.3, -0.25) is 9.78 Å². The highest BCUT2D eigenvalue weighted by atomic mass is 35.5. The second kappa shape index (κ2) is 7.07. The van der Waals surface area contributed by atoms with Gasteiger partial charge < -0.3 is 10.2 Å². The molecule has 0 spiro atoms. The zero-order valence-corrected chi connectivity index (χ0v) is 14.1. The standard InChI is InChI=1S/C17H17ClF3N3O/c18-12-3-4-14-13(8-12)15(5-6-22-14)24-7-1-2-11(9-24)16(25)23-10-17(19,20)21/h3-6,8,11H,1-2,7,9-10H2,(H,23,25). The summed E-state index contributed by atoms with van der Waals surface area (Å²) in [4.78, 5) is 18.4. The van der Waals surface area contributed by atoms with Crippen molar-refractivity contribution in [1.82, 2.24) is 10.3 Å². The fraction of sp³-hybridized carbons (Fsp3) is 0.412. The maximum atomic E-state index is 12.3. The average Bonchev–Trinajstić information content (AvgIpc) is 2.58. The summed E-state index contributed by atoms with van der Waals surface area (Å²) in [6.07, 6.45) is -1.42. The SMILES string of the molecule is O=C(NCC(F)(F)F)C1CCCN(c2ccnc3ccc(Cl)cc23)C1. The van der Waals surface area contributed by atoms with Gasteiger partial charge in [0.15, 0.2) is 0 Å². The van der Waals surface area contributed by atoms with Crippen molar-refractivity contribution in [3.8, 4) is 0 Å². The molecule has 1 aromatic heterocycles. The summed E-state index contributed by atoms with van der Waals surface area (Å²) in [5.41, 5.74) is 1.67. The van der Waals surface area contributed by atoms with Crippen molar-refractivity contribution in [2.24, 2.45) is 5.92 Å². The van der Waals surface area contributed by atoms with Gasteiger partial charge in [0, 0.05) is 35.4 Å². The van der Waals surface area contributed by atoms with E-state index >= 15 is 0 Å². The normalized spacial score (nSPS) is 18.4. The number of anilines is 1. The maximum absolute atomic E-state index is 12.3.